The SMILES string of the molecule is CCCC(N)C(=O)OC(C)OC(=O)N(c1nc2ccc(-c3ccc(NC(=O)Cc4ccc(F)cc4)cc3)cn2n1)c1ccc(S(C)(=O)=O)cc1OC. The molecule has 272 valence electrons. The third-order valence-corrected chi connectivity index (χ3v) is 8.86. The molecule has 0 fully saturated rings. The topological polar surface area (TPSA) is 185 Å². The summed E-state index contributed by atoms with van der Waals surface area (Å²) in [5, 5.41) is 7.34. The summed E-state index contributed by atoms with van der Waals surface area (Å²) in [7, 11) is -2.33. The molecule has 2 heterocycles. The van der Waals surface area contributed by atoms with E-state index in [4.69, 9.17) is 19.9 Å². The number of aromatic nitrogens is 3. The van der Waals surface area contributed by atoms with E-state index in [0.29, 0.717) is 29.7 Å². The van der Waals surface area contributed by atoms with Gasteiger partial charge in [0.1, 0.15) is 17.6 Å². The number of rotatable bonds is 13. The van der Waals surface area contributed by atoms with Crippen LogP contribution in [0.2, 0.25) is 0 Å². The van der Waals surface area contributed by atoms with Gasteiger partial charge in [0.05, 0.1) is 24.1 Å². The minimum Gasteiger partial charge on any atom is -0.495 e. The number of carbonyl (C=O) groups excluding carboxylic acids is 3. The van der Waals surface area contributed by atoms with Crippen molar-refractivity contribution >= 4 is 50.8 Å². The second-order valence-electron chi connectivity index (χ2n) is 11.8. The molecular weight excluding hydrogens is 695 g/mol. The third kappa shape index (κ3) is 9.07. The summed E-state index contributed by atoms with van der Waals surface area (Å²) in [4.78, 5) is 44.1. The average molecular weight is 733 g/mol. The van der Waals surface area contributed by atoms with Crippen LogP contribution in [0.5, 0.6) is 5.75 Å². The highest BCUT2D eigenvalue weighted by atomic mass is 32.2. The molecule has 2 atom stereocenters. The Morgan fingerprint density at radius 2 is 1.67 bits per heavy atom. The van der Waals surface area contributed by atoms with Crippen molar-refractivity contribution in [2.75, 3.05) is 23.6 Å². The molecule has 0 aliphatic carbocycles. The van der Waals surface area contributed by atoms with Gasteiger partial charge in [-0.1, -0.05) is 37.6 Å². The van der Waals surface area contributed by atoms with Crippen LogP contribution in [0.1, 0.15) is 32.3 Å². The van der Waals surface area contributed by atoms with Crippen molar-refractivity contribution in [2.24, 2.45) is 5.73 Å². The van der Waals surface area contributed by atoms with E-state index in [2.05, 4.69) is 15.4 Å². The first-order valence-electron chi connectivity index (χ1n) is 16.1. The van der Waals surface area contributed by atoms with Gasteiger partial charge in [-0.25, -0.2) is 27.0 Å². The maximum atomic E-state index is 13.7. The summed E-state index contributed by atoms with van der Waals surface area (Å²) in [6, 6.07) is 19.3. The van der Waals surface area contributed by atoms with E-state index in [1.807, 2.05) is 6.92 Å². The fourth-order valence-electron chi connectivity index (χ4n) is 5.14. The van der Waals surface area contributed by atoms with Crippen LogP contribution in [-0.2, 0) is 35.3 Å². The van der Waals surface area contributed by atoms with E-state index in [0.717, 1.165) is 22.3 Å². The molecule has 3 N–H and O–H groups in total. The fraction of sp³-hybridized carbons (Fsp3) is 0.250. The molecular formula is C36H37FN6O8S. The number of carbonyl (C=O) groups is 3. The van der Waals surface area contributed by atoms with Gasteiger partial charge in [0, 0.05) is 36.7 Å². The molecule has 52 heavy (non-hydrogen) atoms. The molecule has 0 spiro atoms. The number of methoxy groups -OCH3 is 1. The average Bonchev–Trinajstić information content (AvgIpc) is 3.52. The molecule has 0 bridgehead atoms. The van der Waals surface area contributed by atoms with E-state index < -0.39 is 34.2 Å². The van der Waals surface area contributed by atoms with E-state index in [1.165, 1.54) is 48.9 Å². The van der Waals surface area contributed by atoms with E-state index in [9.17, 15) is 27.2 Å². The first-order valence-corrected chi connectivity index (χ1v) is 18.0. The van der Waals surface area contributed by atoms with Crippen molar-refractivity contribution in [3.8, 4) is 16.9 Å². The fourth-order valence-corrected chi connectivity index (χ4v) is 5.77. The maximum absolute atomic E-state index is 13.7. The van der Waals surface area contributed by atoms with Gasteiger partial charge < -0.3 is 25.3 Å². The van der Waals surface area contributed by atoms with Crippen LogP contribution in [0.3, 0.4) is 0 Å². The number of hydrogen-bond donors (Lipinski definition) is 2. The quantitative estimate of drug-likeness (QED) is 0.116. The number of nitrogens with two attached hydrogens (primary N) is 1. The Morgan fingerprint density at radius 1 is 0.981 bits per heavy atom. The predicted molar refractivity (Wildman–Crippen MR) is 190 cm³/mol. The highest BCUT2D eigenvalue weighted by Crippen LogP contribution is 2.36. The lowest BCUT2D eigenvalue weighted by Crippen LogP contribution is -2.37. The summed E-state index contributed by atoms with van der Waals surface area (Å²) in [6.45, 7) is 3.21. The number of esters is 1. The third-order valence-electron chi connectivity index (χ3n) is 7.75. The molecule has 16 heteroatoms. The molecule has 3 aromatic carbocycles. The van der Waals surface area contributed by atoms with Crippen LogP contribution in [0.4, 0.5) is 26.5 Å². The molecule has 5 rings (SSSR count). The lowest BCUT2D eigenvalue weighted by atomic mass is 10.1. The molecule has 5 aromatic rings. The van der Waals surface area contributed by atoms with E-state index in [1.54, 1.807) is 54.7 Å². The Morgan fingerprint density at radius 3 is 2.33 bits per heavy atom. The molecule has 2 aromatic heterocycles. The van der Waals surface area contributed by atoms with Crippen molar-refractivity contribution in [1.82, 2.24) is 14.6 Å². The summed E-state index contributed by atoms with van der Waals surface area (Å²) >= 11 is 0. The molecule has 0 aliphatic rings. The van der Waals surface area contributed by atoms with Crippen LogP contribution in [-0.4, -0.2) is 66.7 Å². The Kier molecular flexibility index (Phi) is 11.5. The lowest BCUT2D eigenvalue weighted by Gasteiger charge is -2.23. The van der Waals surface area contributed by atoms with Crippen LogP contribution in [0, 0.1) is 5.82 Å². The molecule has 0 aliphatic heterocycles. The molecule has 14 nitrogen and oxygen atoms in total. The van der Waals surface area contributed by atoms with Gasteiger partial charge in [-0.2, -0.15) is 4.98 Å². The number of sulfone groups is 1. The minimum absolute atomic E-state index is 0.00103. The largest absolute Gasteiger partial charge is 0.495 e. The normalized spacial score (nSPS) is 12.5. The van der Waals surface area contributed by atoms with Gasteiger partial charge >= 0.3 is 12.1 Å². The van der Waals surface area contributed by atoms with Gasteiger partial charge in [0.25, 0.3) is 5.95 Å². The highest BCUT2D eigenvalue weighted by molar-refractivity contribution is 7.90. The zero-order chi connectivity index (χ0) is 37.6. The summed E-state index contributed by atoms with van der Waals surface area (Å²) < 4.78 is 55.3. The van der Waals surface area contributed by atoms with Crippen LogP contribution in [0.25, 0.3) is 16.8 Å². The van der Waals surface area contributed by atoms with Crippen molar-refractivity contribution in [3.05, 3.63) is 96.4 Å². The number of halogens is 1. The van der Waals surface area contributed by atoms with Crippen LogP contribution >= 0.6 is 0 Å². The Hall–Kier alpha value is -5.87. The van der Waals surface area contributed by atoms with Crippen LogP contribution < -0.4 is 20.7 Å². The number of ether oxygens (including phenoxy) is 3. The number of pyridine rings is 1. The van der Waals surface area contributed by atoms with Gasteiger partial charge in [-0.15, -0.1) is 5.10 Å². The Bertz CT molecular complexity index is 2190. The van der Waals surface area contributed by atoms with Crippen molar-refractivity contribution in [2.45, 2.75) is 50.3 Å². The van der Waals surface area contributed by atoms with Gasteiger partial charge in [-0.3, -0.25) is 9.59 Å². The molecule has 2 amide bonds. The summed E-state index contributed by atoms with van der Waals surface area (Å²) in [5.74, 6) is -1.54. The lowest BCUT2D eigenvalue weighted by molar-refractivity contribution is -0.166. The number of nitrogens with zero attached hydrogens (tertiary/aromatic N) is 4. The predicted octanol–water partition coefficient (Wildman–Crippen LogP) is 5.42. The molecule has 2 unspecified atom stereocenters. The van der Waals surface area contributed by atoms with E-state index >= 15 is 0 Å². The summed E-state index contributed by atoms with van der Waals surface area (Å²) in [6.07, 6.45) is 1.42. The van der Waals surface area contributed by atoms with Gasteiger partial charge in [0.15, 0.2) is 15.5 Å². The second kappa shape index (κ2) is 16.0. The zero-order valence-corrected chi connectivity index (χ0v) is 29.6. The minimum atomic E-state index is -3.63. The van der Waals surface area contributed by atoms with Crippen molar-refractivity contribution in [3.63, 3.8) is 0 Å². The first kappa shape index (κ1) is 37.4. The smallest absolute Gasteiger partial charge is 0.424 e. The highest BCUT2D eigenvalue weighted by Gasteiger charge is 2.30. The standard InChI is InChI=1S/C36H37FN6O8S/c1-5-6-29(38)34(45)50-22(2)51-36(46)43(30-17-16-28(52(4,47)48)20-31(30)49-3)35-40-32-18-11-25(21-42(32)41-35)24-9-14-27(15-10-24)39-33(44)19-23-7-12-26(37)13-8-23/h7-18,20-22,29H,5-6,19,38H2,1-4H3,(H,39,44). The Labute approximate surface area is 299 Å². The monoisotopic (exact) mass is 732 g/mol. The van der Waals surface area contributed by atoms with E-state index in [-0.39, 0.29) is 40.4 Å². The first-order chi connectivity index (χ1) is 24.7. The molecule has 0 saturated heterocycles. The van der Waals surface area contributed by atoms with Crippen molar-refractivity contribution < 1.29 is 41.4 Å². The number of fused-ring (bicyclic) bond motifs is 1. The Balaban J connectivity index is 1.41. The van der Waals surface area contributed by atoms with Crippen molar-refractivity contribution in [1.29, 1.82) is 0 Å². The zero-order valence-electron chi connectivity index (χ0n) is 28.8. The maximum Gasteiger partial charge on any atom is 0.424 e. The molecule has 0 saturated carbocycles. The molecule has 0 radical (unpaired) electrons. The second-order valence-corrected chi connectivity index (χ2v) is 13.8. The summed E-state index contributed by atoms with van der Waals surface area (Å²) in [5.41, 5.74) is 8.99. The number of amides is 2. The van der Waals surface area contributed by atoms with Gasteiger partial charge in [0.2, 0.25) is 12.2 Å². The number of benzene rings is 3. The van der Waals surface area contributed by atoms with Crippen LogP contribution in [0.15, 0.2) is 90.0 Å². The van der Waals surface area contributed by atoms with Gasteiger partial charge in [-0.05, 0) is 66.1 Å². The number of hydrogen-bond acceptors (Lipinski definition) is 11. The number of anilines is 3. The number of nitrogens with one attached hydrogen (secondary N) is 1.